The van der Waals surface area contributed by atoms with E-state index in [-0.39, 0.29) is 5.82 Å². The Kier molecular flexibility index (Phi) is 3.55. The van der Waals surface area contributed by atoms with Crippen LogP contribution in [0, 0.1) is 5.82 Å². The molecule has 0 amide bonds. The molecule has 0 aliphatic carbocycles. The average molecular weight is 300 g/mol. The molecule has 1 heterocycles. The van der Waals surface area contributed by atoms with Crippen molar-refractivity contribution in [2.45, 2.75) is 0 Å². The van der Waals surface area contributed by atoms with Crippen LogP contribution in [0.15, 0.2) is 46.9 Å². The first-order valence-electron chi connectivity index (χ1n) is 6.59. The summed E-state index contributed by atoms with van der Waals surface area (Å²) >= 11 is 0. The first-order chi connectivity index (χ1) is 10.6. The van der Waals surface area contributed by atoms with Crippen molar-refractivity contribution < 1.29 is 23.1 Å². The largest absolute Gasteiger partial charge is 0.497 e. The van der Waals surface area contributed by atoms with Gasteiger partial charge in [-0.25, -0.2) is 9.18 Å². The van der Waals surface area contributed by atoms with Gasteiger partial charge in [0.2, 0.25) is 0 Å². The summed E-state index contributed by atoms with van der Waals surface area (Å²) in [6, 6.07) is 10.9. The van der Waals surface area contributed by atoms with Crippen LogP contribution < -0.4 is 4.74 Å². The molecule has 0 atom stereocenters. The van der Waals surface area contributed by atoms with Crippen molar-refractivity contribution in [3.8, 4) is 17.1 Å². The van der Waals surface area contributed by atoms with Gasteiger partial charge in [-0.15, -0.1) is 0 Å². The SMILES string of the molecule is COC(=O)c1c(-c2ccc(F)cc2)oc2ccc(OC)cc12. The van der Waals surface area contributed by atoms with E-state index >= 15 is 0 Å². The number of fused-ring (bicyclic) bond motifs is 1. The normalized spacial score (nSPS) is 10.7. The van der Waals surface area contributed by atoms with Crippen LogP contribution in [0.4, 0.5) is 4.39 Å². The first-order valence-corrected chi connectivity index (χ1v) is 6.59. The standard InChI is InChI=1S/C17H13FO4/c1-20-12-7-8-14-13(9-12)15(17(19)21-2)16(22-14)10-3-5-11(18)6-4-10/h3-9H,1-2H3. The monoisotopic (exact) mass is 300 g/mol. The third-order valence-electron chi connectivity index (χ3n) is 3.39. The van der Waals surface area contributed by atoms with Crippen LogP contribution in [0.5, 0.6) is 5.75 Å². The molecule has 2 aromatic carbocycles. The maximum atomic E-state index is 13.1. The number of furan rings is 1. The van der Waals surface area contributed by atoms with Gasteiger partial charge >= 0.3 is 5.97 Å². The Bertz CT molecular complexity index is 834. The Balaban J connectivity index is 2.28. The number of hydrogen-bond donors (Lipinski definition) is 0. The molecular formula is C17H13FO4. The molecule has 0 fully saturated rings. The van der Waals surface area contributed by atoms with Gasteiger partial charge in [0.1, 0.15) is 28.5 Å². The van der Waals surface area contributed by atoms with Gasteiger partial charge in [0, 0.05) is 10.9 Å². The van der Waals surface area contributed by atoms with Crippen LogP contribution >= 0.6 is 0 Å². The van der Waals surface area contributed by atoms with Crippen molar-refractivity contribution in [1.29, 1.82) is 0 Å². The van der Waals surface area contributed by atoms with Crippen molar-refractivity contribution in [3.63, 3.8) is 0 Å². The number of benzene rings is 2. The highest BCUT2D eigenvalue weighted by Crippen LogP contribution is 2.35. The average Bonchev–Trinajstić information content (AvgIpc) is 2.93. The van der Waals surface area contributed by atoms with Crippen molar-refractivity contribution in [1.82, 2.24) is 0 Å². The third kappa shape index (κ3) is 2.30. The summed E-state index contributed by atoms with van der Waals surface area (Å²) in [7, 11) is 2.84. The van der Waals surface area contributed by atoms with Gasteiger partial charge in [-0.1, -0.05) is 0 Å². The molecule has 0 saturated carbocycles. The lowest BCUT2D eigenvalue weighted by Gasteiger charge is -2.02. The Morgan fingerprint density at radius 3 is 2.45 bits per heavy atom. The number of hydrogen-bond acceptors (Lipinski definition) is 4. The first kappa shape index (κ1) is 14.1. The van der Waals surface area contributed by atoms with E-state index in [4.69, 9.17) is 13.9 Å². The summed E-state index contributed by atoms with van der Waals surface area (Å²) in [5.74, 6) is 0.0617. The Hall–Kier alpha value is -2.82. The van der Waals surface area contributed by atoms with Crippen molar-refractivity contribution >= 4 is 16.9 Å². The zero-order valence-electron chi connectivity index (χ0n) is 12.1. The molecular weight excluding hydrogens is 287 g/mol. The highest BCUT2D eigenvalue weighted by atomic mass is 19.1. The quantitative estimate of drug-likeness (QED) is 0.685. The fourth-order valence-corrected chi connectivity index (χ4v) is 2.31. The van der Waals surface area contributed by atoms with E-state index < -0.39 is 5.97 Å². The number of carbonyl (C=O) groups excluding carboxylic acids is 1. The Labute approximate surface area is 126 Å². The van der Waals surface area contributed by atoms with E-state index in [0.29, 0.717) is 33.6 Å². The summed E-state index contributed by atoms with van der Waals surface area (Å²) in [5.41, 5.74) is 1.42. The zero-order valence-corrected chi connectivity index (χ0v) is 12.1. The summed E-state index contributed by atoms with van der Waals surface area (Å²) in [6.45, 7) is 0. The number of esters is 1. The smallest absolute Gasteiger partial charge is 0.342 e. The molecule has 1 aromatic heterocycles. The van der Waals surface area contributed by atoms with Crippen LogP contribution in [0.2, 0.25) is 0 Å². The van der Waals surface area contributed by atoms with Gasteiger partial charge in [-0.05, 0) is 42.5 Å². The molecule has 0 radical (unpaired) electrons. The van der Waals surface area contributed by atoms with Crippen LogP contribution in [-0.4, -0.2) is 20.2 Å². The van der Waals surface area contributed by atoms with E-state index in [0.717, 1.165) is 0 Å². The van der Waals surface area contributed by atoms with E-state index in [1.54, 1.807) is 37.4 Å². The zero-order chi connectivity index (χ0) is 15.7. The predicted octanol–water partition coefficient (Wildman–Crippen LogP) is 4.03. The molecule has 3 aromatic rings. The summed E-state index contributed by atoms with van der Waals surface area (Å²) in [6.07, 6.45) is 0. The van der Waals surface area contributed by atoms with Gasteiger partial charge in [0.15, 0.2) is 0 Å². The van der Waals surface area contributed by atoms with Gasteiger partial charge in [-0.3, -0.25) is 0 Å². The summed E-state index contributed by atoms with van der Waals surface area (Å²) in [5, 5.41) is 0.588. The predicted molar refractivity (Wildman–Crippen MR) is 79.5 cm³/mol. The molecule has 0 aliphatic heterocycles. The lowest BCUT2D eigenvalue weighted by Crippen LogP contribution is -2.02. The lowest BCUT2D eigenvalue weighted by molar-refractivity contribution is 0.0603. The van der Waals surface area contributed by atoms with Gasteiger partial charge < -0.3 is 13.9 Å². The minimum Gasteiger partial charge on any atom is -0.497 e. The maximum absolute atomic E-state index is 13.1. The van der Waals surface area contributed by atoms with E-state index in [2.05, 4.69) is 0 Å². The van der Waals surface area contributed by atoms with Crippen LogP contribution in [0.1, 0.15) is 10.4 Å². The minimum atomic E-state index is -0.522. The maximum Gasteiger partial charge on any atom is 0.342 e. The summed E-state index contributed by atoms with van der Waals surface area (Å²) < 4.78 is 28.9. The Morgan fingerprint density at radius 2 is 1.82 bits per heavy atom. The second-order valence-electron chi connectivity index (χ2n) is 4.67. The van der Waals surface area contributed by atoms with Gasteiger partial charge in [0.05, 0.1) is 14.2 Å². The molecule has 0 aliphatic rings. The molecule has 3 rings (SSSR count). The lowest BCUT2D eigenvalue weighted by atomic mass is 10.1. The number of carbonyl (C=O) groups is 1. The van der Waals surface area contributed by atoms with Gasteiger partial charge in [0.25, 0.3) is 0 Å². The van der Waals surface area contributed by atoms with Crippen LogP contribution in [0.25, 0.3) is 22.3 Å². The number of methoxy groups -OCH3 is 2. The van der Waals surface area contributed by atoms with Crippen LogP contribution in [-0.2, 0) is 4.74 Å². The highest BCUT2D eigenvalue weighted by Gasteiger charge is 2.23. The van der Waals surface area contributed by atoms with E-state index in [1.165, 1.54) is 19.2 Å². The molecule has 0 unspecified atom stereocenters. The number of halogens is 1. The van der Waals surface area contributed by atoms with Crippen LogP contribution in [0.3, 0.4) is 0 Å². The second-order valence-corrected chi connectivity index (χ2v) is 4.67. The van der Waals surface area contributed by atoms with Crippen molar-refractivity contribution in [3.05, 3.63) is 53.8 Å². The van der Waals surface area contributed by atoms with E-state index in [1.807, 2.05) is 0 Å². The minimum absolute atomic E-state index is 0.294. The number of rotatable bonds is 3. The molecule has 22 heavy (non-hydrogen) atoms. The van der Waals surface area contributed by atoms with E-state index in [9.17, 15) is 9.18 Å². The third-order valence-corrected chi connectivity index (χ3v) is 3.39. The summed E-state index contributed by atoms with van der Waals surface area (Å²) in [4.78, 5) is 12.2. The molecule has 4 nitrogen and oxygen atoms in total. The topological polar surface area (TPSA) is 48.7 Å². The molecule has 0 spiro atoms. The van der Waals surface area contributed by atoms with Gasteiger partial charge in [-0.2, -0.15) is 0 Å². The fourth-order valence-electron chi connectivity index (χ4n) is 2.31. The van der Waals surface area contributed by atoms with Crippen molar-refractivity contribution in [2.24, 2.45) is 0 Å². The molecule has 0 N–H and O–H groups in total. The van der Waals surface area contributed by atoms with Crippen molar-refractivity contribution in [2.75, 3.05) is 14.2 Å². The highest BCUT2D eigenvalue weighted by molar-refractivity contribution is 6.09. The Morgan fingerprint density at radius 1 is 1.09 bits per heavy atom. The second kappa shape index (κ2) is 5.52. The molecule has 0 saturated heterocycles. The molecule has 0 bridgehead atoms. The molecule has 112 valence electrons. The molecule has 5 heteroatoms. The fraction of sp³-hybridized carbons (Fsp3) is 0.118. The number of ether oxygens (including phenoxy) is 2.